The van der Waals surface area contributed by atoms with Gasteiger partial charge in [0.15, 0.2) is 17.5 Å². The minimum Gasteiger partial charge on any atom is -0.465 e. The summed E-state index contributed by atoms with van der Waals surface area (Å²) < 4.78 is 32.7. The van der Waals surface area contributed by atoms with Gasteiger partial charge in [-0.15, -0.1) is 0 Å². The molecule has 1 amide bonds. The molecule has 2 aliphatic heterocycles. The van der Waals surface area contributed by atoms with Gasteiger partial charge in [-0.2, -0.15) is 0 Å². The average Bonchev–Trinajstić information content (AvgIpc) is 3.45. The maximum absolute atomic E-state index is 16.8. The fourth-order valence-electron chi connectivity index (χ4n) is 6.10. The number of pyridine rings is 1. The number of anilines is 2. The molecule has 13 heteroatoms. The zero-order valence-corrected chi connectivity index (χ0v) is 25.9. The summed E-state index contributed by atoms with van der Waals surface area (Å²) >= 11 is 0. The highest BCUT2D eigenvalue weighted by Gasteiger charge is 2.32. The Morgan fingerprint density at radius 1 is 1.00 bits per heavy atom. The highest BCUT2D eigenvalue weighted by molar-refractivity contribution is 5.71. The number of rotatable bonds is 8. The topological polar surface area (TPSA) is 96.6 Å². The third-order valence-electron chi connectivity index (χ3n) is 8.71. The second-order valence-corrected chi connectivity index (χ2v) is 12.1. The first-order chi connectivity index (χ1) is 21.7. The summed E-state index contributed by atoms with van der Waals surface area (Å²) in [5.41, 5.74) is 2.69. The van der Waals surface area contributed by atoms with E-state index in [0.717, 1.165) is 31.9 Å². The van der Waals surface area contributed by atoms with Crippen LogP contribution in [0, 0.1) is 11.6 Å². The third kappa shape index (κ3) is 6.54. The maximum Gasteiger partial charge on any atom is 0.407 e. The molecular weight excluding hydrogens is 580 g/mol. The smallest absolute Gasteiger partial charge is 0.407 e. The van der Waals surface area contributed by atoms with Crippen molar-refractivity contribution in [3.8, 4) is 22.8 Å². The number of carboxylic acid groups (broad SMARTS) is 1. The van der Waals surface area contributed by atoms with Crippen molar-refractivity contribution in [1.29, 1.82) is 0 Å². The Bertz CT molecular complexity index is 1650. The molecular formula is C32H39F2N9O2. The number of piperidine rings is 1. The summed E-state index contributed by atoms with van der Waals surface area (Å²) in [5.74, 6) is -0.753. The summed E-state index contributed by atoms with van der Waals surface area (Å²) in [6.07, 6.45) is 3.21. The van der Waals surface area contributed by atoms with Gasteiger partial charge in [-0.25, -0.2) is 28.5 Å². The minimum atomic E-state index is -0.995. The van der Waals surface area contributed by atoms with Crippen LogP contribution in [0.25, 0.3) is 28.4 Å². The predicted molar refractivity (Wildman–Crippen MR) is 170 cm³/mol. The number of aromatic nitrogens is 4. The number of piperazine rings is 1. The van der Waals surface area contributed by atoms with Crippen LogP contribution in [0.15, 0.2) is 48.8 Å². The molecule has 2 aliphatic rings. The number of benzene rings is 1. The number of amides is 1. The van der Waals surface area contributed by atoms with E-state index in [0.29, 0.717) is 49.4 Å². The summed E-state index contributed by atoms with van der Waals surface area (Å²) in [7, 11) is 5.98. The molecule has 11 nitrogen and oxygen atoms in total. The van der Waals surface area contributed by atoms with Gasteiger partial charge in [-0.05, 0) is 58.3 Å². The van der Waals surface area contributed by atoms with Gasteiger partial charge in [0, 0.05) is 75.8 Å². The van der Waals surface area contributed by atoms with Crippen LogP contribution in [0.3, 0.4) is 0 Å². The lowest BCUT2D eigenvalue weighted by Gasteiger charge is -2.39. The number of halogens is 2. The first-order valence-corrected chi connectivity index (χ1v) is 15.3. The molecule has 0 spiro atoms. The van der Waals surface area contributed by atoms with Crippen molar-refractivity contribution in [2.45, 2.75) is 18.9 Å². The number of likely N-dealkylation sites (N-methyl/N-ethyl adjacent to an activating group) is 2. The molecule has 0 radical (unpaired) electrons. The lowest BCUT2D eigenvalue weighted by molar-refractivity contribution is 0.129. The largest absolute Gasteiger partial charge is 0.465 e. The molecule has 4 aromatic rings. The van der Waals surface area contributed by atoms with E-state index >= 15 is 4.39 Å². The Hall–Kier alpha value is -4.36. The van der Waals surface area contributed by atoms with Gasteiger partial charge >= 0.3 is 6.09 Å². The fourth-order valence-corrected chi connectivity index (χ4v) is 6.10. The molecule has 6 rings (SSSR count). The van der Waals surface area contributed by atoms with E-state index in [9.17, 15) is 14.3 Å². The van der Waals surface area contributed by atoms with Crippen molar-refractivity contribution in [1.82, 2.24) is 34.1 Å². The van der Waals surface area contributed by atoms with Crippen molar-refractivity contribution < 1.29 is 18.7 Å². The van der Waals surface area contributed by atoms with E-state index < -0.39 is 17.7 Å². The maximum atomic E-state index is 16.8. The Kier molecular flexibility index (Phi) is 8.81. The summed E-state index contributed by atoms with van der Waals surface area (Å²) in [6, 6.07) is 10.3. The third-order valence-corrected chi connectivity index (χ3v) is 8.71. The van der Waals surface area contributed by atoms with Gasteiger partial charge in [0.2, 0.25) is 0 Å². The molecule has 238 valence electrons. The Balaban J connectivity index is 1.47. The first kappa shape index (κ1) is 30.7. The first-order valence-electron chi connectivity index (χ1n) is 15.3. The Morgan fingerprint density at radius 2 is 1.76 bits per heavy atom. The highest BCUT2D eigenvalue weighted by atomic mass is 19.1. The highest BCUT2D eigenvalue weighted by Crippen LogP contribution is 2.34. The van der Waals surface area contributed by atoms with Crippen molar-refractivity contribution in [3.05, 3.63) is 60.4 Å². The van der Waals surface area contributed by atoms with E-state index in [1.807, 2.05) is 48.2 Å². The molecule has 0 bridgehead atoms. The zero-order valence-electron chi connectivity index (χ0n) is 25.9. The number of carbonyl (C=O) groups is 1. The van der Waals surface area contributed by atoms with Gasteiger partial charge in [0.05, 0.1) is 6.20 Å². The molecule has 0 aliphatic carbocycles. The van der Waals surface area contributed by atoms with Crippen LogP contribution in [0.2, 0.25) is 0 Å². The molecule has 2 fully saturated rings. The van der Waals surface area contributed by atoms with Gasteiger partial charge in [0.1, 0.15) is 22.9 Å². The monoisotopic (exact) mass is 619 g/mol. The molecule has 45 heavy (non-hydrogen) atoms. The number of fused-ring (bicyclic) bond motifs is 1. The predicted octanol–water partition coefficient (Wildman–Crippen LogP) is 4.00. The van der Waals surface area contributed by atoms with Gasteiger partial charge < -0.3 is 29.6 Å². The van der Waals surface area contributed by atoms with Crippen molar-refractivity contribution in [2.24, 2.45) is 0 Å². The van der Waals surface area contributed by atoms with E-state index in [1.165, 1.54) is 17.2 Å². The van der Waals surface area contributed by atoms with Crippen LogP contribution in [0.4, 0.5) is 25.1 Å². The fraction of sp³-hybridized carbons (Fsp3) is 0.438. The minimum absolute atomic E-state index is 0.0867. The molecule has 1 aromatic carbocycles. The SMILES string of the molecule is CN(C)CCN(c1nc(-c2cnc3ccc(F)cn23)nc(-c2ccc(N3CCN(C)CC3)cc2)c1F)[C@@H]1CCCN(C(=O)O)C1. The van der Waals surface area contributed by atoms with Crippen LogP contribution >= 0.6 is 0 Å². The van der Waals surface area contributed by atoms with Crippen molar-refractivity contribution >= 4 is 23.2 Å². The summed E-state index contributed by atoms with van der Waals surface area (Å²) in [6.45, 7) is 5.44. The number of hydrogen-bond donors (Lipinski definition) is 1. The molecule has 5 heterocycles. The second kappa shape index (κ2) is 12.9. The number of likely N-dealkylation sites (tertiary alicyclic amines) is 1. The second-order valence-electron chi connectivity index (χ2n) is 12.1. The van der Waals surface area contributed by atoms with Crippen LogP contribution in [0.1, 0.15) is 12.8 Å². The van der Waals surface area contributed by atoms with Gasteiger partial charge in [-0.1, -0.05) is 12.1 Å². The number of nitrogens with zero attached hydrogens (tertiary/aromatic N) is 9. The van der Waals surface area contributed by atoms with Gasteiger partial charge in [0.25, 0.3) is 0 Å². The van der Waals surface area contributed by atoms with E-state index in [2.05, 4.69) is 21.8 Å². The van der Waals surface area contributed by atoms with Crippen LogP contribution in [-0.2, 0) is 0 Å². The molecule has 0 saturated carbocycles. The average molecular weight is 620 g/mol. The number of imidazole rings is 1. The van der Waals surface area contributed by atoms with Crippen molar-refractivity contribution in [3.63, 3.8) is 0 Å². The normalized spacial score (nSPS) is 17.8. The Labute approximate surface area is 261 Å². The standard InChI is InChI=1S/C32H39F2N9O2/c1-38(2)13-18-42(25-5-4-12-41(21-25)32(44)45)31-28(34)29(22-6-9-24(10-7-22)40-16-14-39(3)15-17-40)36-30(37-31)26-19-35-27-11-8-23(33)20-43(26)27/h6-11,19-20,25H,4-5,12-18,21H2,1-3H3,(H,44,45)/t25-/m1/s1. The van der Waals surface area contributed by atoms with Gasteiger partial charge in [-0.3, -0.25) is 4.40 Å². The van der Waals surface area contributed by atoms with Crippen LogP contribution in [-0.4, -0.2) is 125 Å². The lowest BCUT2D eigenvalue weighted by atomic mass is 10.0. The molecule has 0 unspecified atom stereocenters. The summed E-state index contributed by atoms with van der Waals surface area (Å²) in [4.78, 5) is 35.6. The molecule has 1 N–H and O–H groups in total. The zero-order chi connectivity index (χ0) is 31.7. The quantitative estimate of drug-likeness (QED) is 0.314. The van der Waals surface area contributed by atoms with E-state index in [4.69, 9.17) is 9.97 Å². The Morgan fingerprint density at radius 3 is 2.47 bits per heavy atom. The lowest BCUT2D eigenvalue weighted by Crippen LogP contribution is -2.51. The number of hydrogen-bond acceptors (Lipinski definition) is 8. The van der Waals surface area contributed by atoms with Crippen LogP contribution < -0.4 is 9.80 Å². The molecule has 1 atom stereocenters. The summed E-state index contributed by atoms with van der Waals surface area (Å²) in [5, 5.41) is 9.75. The van der Waals surface area contributed by atoms with Crippen LogP contribution in [0.5, 0.6) is 0 Å². The van der Waals surface area contributed by atoms with E-state index in [1.54, 1.807) is 16.7 Å². The molecule has 3 aromatic heterocycles. The molecule has 2 saturated heterocycles. The van der Waals surface area contributed by atoms with E-state index in [-0.39, 0.29) is 29.9 Å². The van der Waals surface area contributed by atoms with Crippen molar-refractivity contribution in [2.75, 3.05) is 83.3 Å².